The molecule has 3 heterocycles. The molecule has 0 radical (unpaired) electrons. The van der Waals surface area contributed by atoms with Crippen LogP contribution in [0.15, 0.2) is 12.4 Å². The Morgan fingerprint density at radius 1 is 1.50 bits per heavy atom. The van der Waals surface area contributed by atoms with Gasteiger partial charge in [-0.25, -0.2) is 4.79 Å². The zero-order valence-corrected chi connectivity index (χ0v) is 10.1. The summed E-state index contributed by atoms with van der Waals surface area (Å²) in [5.41, 5.74) is 0.509. The Labute approximate surface area is 106 Å². The zero-order valence-electron chi connectivity index (χ0n) is 9.30. The Morgan fingerprint density at radius 2 is 2.39 bits per heavy atom. The van der Waals surface area contributed by atoms with Gasteiger partial charge in [0.05, 0.1) is 12.4 Å². The van der Waals surface area contributed by atoms with Crippen LogP contribution < -0.4 is 4.90 Å². The van der Waals surface area contributed by atoms with Crippen molar-refractivity contribution >= 4 is 29.2 Å². The lowest BCUT2D eigenvalue weighted by Gasteiger charge is -2.33. The predicted molar refractivity (Wildman–Crippen MR) is 64.7 cm³/mol. The number of carboxylic acid groups (broad SMARTS) is 1. The van der Waals surface area contributed by atoms with E-state index in [1.54, 1.807) is 22.9 Å². The average molecular weight is 266 g/mol. The first-order valence-electron chi connectivity index (χ1n) is 5.36. The summed E-state index contributed by atoms with van der Waals surface area (Å²) in [6, 6.07) is -0.569. The Kier molecular flexibility index (Phi) is 2.74. The highest BCUT2D eigenvalue weighted by Crippen LogP contribution is 2.23. The second-order valence-electron chi connectivity index (χ2n) is 3.84. The molecule has 94 valence electrons. The second-order valence-corrected chi connectivity index (χ2v) is 4.99. The van der Waals surface area contributed by atoms with E-state index in [1.165, 1.54) is 10.7 Å². The third kappa shape index (κ3) is 1.76. The number of thioether (sulfide) groups is 1. The molecule has 0 bridgehead atoms. The first kappa shape index (κ1) is 11.2. The van der Waals surface area contributed by atoms with Gasteiger partial charge in [0.15, 0.2) is 11.5 Å². The summed E-state index contributed by atoms with van der Waals surface area (Å²) in [6.45, 7) is 0.641. The van der Waals surface area contributed by atoms with Gasteiger partial charge in [-0.3, -0.25) is 4.98 Å². The van der Waals surface area contributed by atoms with Crippen LogP contribution in [0.4, 0.5) is 5.82 Å². The van der Waals surface area contributed by atoms with Crippen LogP contribution in [0.1, 0.15) is 0 Å². The van der Waals surface area contributed by atoms with Gasteiger partial charge < -0.3 is 10.0 Å². The lowest BCUT2D eigenvalue weighted by Crippen LogP contribution is -2.48. The van der Waals surface area contributed by atoms with E-state index in [4.69, 9.17) is 0 Å². The van der Waals surface area contributed by atoms with Crippen molar-refractivity contribution in [2.75, 3.05) is 23.0 Å². The second kappa shape index (κ2) is 4.41. The molecule has 1 aliphatic rings. The van der Waals surface area contributed by atoms with Crippen LogP contribution in [-0.4, -0.2) is 60.2 Å². The van der Waals surface area contributed by atoms with Crippen molar-refractivity contribution in [3.05, 3.63) is 12.4 Å². The normalized spacial score (nSPS) is 20.2. The van der Waals surface area contributed by atoms with Gasteiger partial charge in [0.2, 0.25) is 0 Å². The number of fused-ring (bicyclic) bond motifs is 1. The van der Waals surface area contributed by atoms with Gasteiger partial charge in [-0.1, -0.05) is 0 Å². The SMILES string of the molecule is O=C(O)C1CSCCN1c1cncc2nnnn12. The van der Waals surface area contributed by atoms with Crippen molar-refractivity contribution in [3.63, 3.8) is 0 Å². The summed E-state index contributed by atoms with van der Waals surface area (Å²) in [7, 11) is 0. The molecule has 2 aromatic heterocycles. The summed E-state index contributed by atoms with van der Waals surface area (Å²) in [4.78, 5) is 17.1. The van der Waals surface area contributed by atoms with Crippen LogP contribution in [0.3, 0.4) is 0 Å². The van der Waals surface area contributed by atoms with Gasteiger partial charge in [0.1, 0.15) is 6.04 Å². The van der Waals surface area contributed by atoms with E-state index in [2.05, 4.69) is 20.5 Å². The predicted octanol–water partition coefficient (Wildman–Crippen LogP) is -0.474. The van der Waals surface area contributed by atoms with Gasteiger partial charge in [0, 0.05) is 18.1 Å². The smallest absolute Gasteiger partial charge is 0.327 e. The van der Waals surface area contributed by atoms with Crippen molar-refractivity contribution in [2.24, 2.45) is 0 Å². The molecule has 9 heteroatoms. The molecule has 1 saturated heterocycles. The standard InChI is InChI=1S/C9H10N6O2S/c16-9(17)6-5-18-2-1-14(6)8-4-10-3-7-11-12-13-15(7)8/h3-4,6H,1-2,5H2,(H,16,17). The Bertz CT molecular complexity index is 587. The van der Waals surface area contributed by atoms with E-state index in [1.807, 2.05) is 0 Å². The van der Waals surface area contributed by atoms with Crippen LogP contribution in [0.5, 0.6) is 0 Å². The number of hydrogen-bond acceptors (Lipinski definition) is 7. The molecule has 1 fully saturated rings. The minimum Gasteiger partial charge on any atom is -0.480 e. The maximum atomic E-state index is 11.3. The number of carbonyl (C=O) groups is 1. The molecule has 0 aliphatic carbocycles. The van der Waals surface area contributed by atoms with Crippen molar-refractivity contribution in [3.8, 4) is 0 Å². The van der Waals surface area contributed by atoms with Gasteiger partial charge >= 0.3 is 5.97 Å². The van der Waals surface area contributed by atoms with Gasteiger partial charge in [-0.05, 0) is 10.4 Å². The van der Waals surface area contributed by atoms with Crippen molar-refractivity contribution in [1.29, 1.82) is 0 Å². The quantitative estimate of drug-likeness (QED) is 0.779. The zero-order chi connectivity index (χ0) is 12.5. The van der Waals surface area contributed by atoms with Crippen molar-refractivity contribution in [1.82, 2.24) is 25.0 Å². The molecule has 0 amide bonds. The van der Waals surface area contributed by atoms with E-state index < -0.39 is 12.0 Å². The van der Waals surface area contributed by atoms with Gasteiger partial charge in [-0.2, -0.15) is 16.3 Å². The summed E-state index contributed by atoms with van der Waals surface area (Å²) >= 11 is 1.63. The molecule has 1 N–H and O–H groups in total. The number of tetrazole rings is 1. The van der Waals surface area contributed by atoms with Crippen LogP contribution in [0.2, 0.25) is 0 Å². The molecular weight excluding hydrogens is 256 g/mol. The molecule has 18 heavy (non-hydrogen) atoms. The number of rotatable bonds is 2. The molecule has 1 unspecified atom stereocenters. The highest BCUT2D eigenvalue weighted by molar-refractivity contribution is 7.99. The van der Waals surface area contributed by atoms with Crippen LogP contribution in [0, 0.1) is 0 Å². The summed E-state index contributed by atoms with van der Waals surface area (Å²) < 4.78 is 1.51. The number of anilines is 1. The summed E-state index contributed by atoms with van der Waals surface area (Å²) in [6.07, 6.45) is 3.13. The molecule has 2 aromatic rings. The minimum absolute atomic E-state index is 0.509. The third-order valence-corrected chi connectivity index (χ3v) is 3.82. The first-order valence-corrected chi connectivity index (χ1v) is 6.52. The van der Waals surface area contributed by atoms with Crippen LogP contribution >= 0.6 is 11.8 Å². The fourth-order valence-electron chi connectivity index (χ4n) is 1.94. The highest BCUT2D eigenvalue weighted by atomic mass is 32.2. The number of aromatic nitrogens is 5. The Balaban J connectivity index is 2.06. The molecule has 0 spiro atoms. The fraction of sp³-hybridized carbons (Fsp3) is 0.444. The van der Waals surface area contributed by atoms with Crippen molar-refractivity contribution in [2.45, 2.75) is 6.04 Å². The third-order valence-electron chi connectivity index (χ3n) is 2.80. The van der Waals surface area contributed by atoms with Crippen LogP contribution in [0.25, 0.3) is 5.65 Å². The topological polar surface area (TPSA) is 96.5 Å². The lowest BCUT2D eigenvalue weighted by atomic mass is 10.2. The molecule has 8 nitrogen and oxygen atoms in total. The first-order chi connectivity index (χ1) is 8.77. The summed E-state index contributed by atoms with van der Waals surface area (Å²) in [5, 5.41) is 20.5. The number of carboxylic acids is 1. The molecular formula is C9H10N6O2S. The van der Waals surface area contributed by atoms with Crippen LogP contribution in [-0.2, 0) is 4.79 Å². The van der Waals surface area contributed by atoms with Gasteiger partial charge in [-0.15, -0.1) is 5.10 Å². The van der Waals surface area contributed by atoms with E-state index in [-0.39, 0.29) is 0 Å². The number of hydrogen-bond donors (Lipinski definition) is 1. The monoisotopic (exact) mass is 266 g/mol. The largest absolute Gasteiger partial charge is 0.480 e. The van der Waals surface area contributed by atoms with E-state index in [0.29, 0.717) is 23.8 Å². The molecule has 0 aromatic carbocycles. The van der Waals surface area contributed by atoms with E-state index in [9.17, 15) is 9.90 Å². The molecule has 0 saturated carbocycles. The van der Waals surface area contributed by atoms with E-state index in [0.717, 1.165) is 5.75 Å². The molecule has 1 atom stereocenters. The molecule has 1 aliphatic heterocycles. The highest BCUT2D eigenvalue weighted by Gasteiger charge is 2.30. The maximum Gasteiger partial charge on any atom is 0.327 e. The van der Waals surface area contributed by atoms with Crippen molar-refractivity contribution < 1.29 is 9.90 Å². The Morgan fingerprint density at radius 3 is 3.22 bits per heavy atom. The molecule has 3 rings (SSSR count). The maximum absolute atomic E-state index is 11.3. The lowest BCUT2D eigenvalue weighted by molar-refractivity contribution is -0.138. The Hall–Kier alpha value is -1.90. The summed E-state index contributed by atoms with van der Waals surface area (Å²) in [5.74, 6) is 1.20. The van der Waals surface area contributed by atoms with Gasteiger partial charge in [0.25, 0.3) is 0 Å². The average Bonchev–Trinajstić information content (AvgIpc) is 2.86. The number of aliphatic carboxylic acids is 1. The number of nitrogens with zero attached hydrogens (tertiary/aromatic N) is 6. The fourth-order valence-corrected chi connectivity index (χ4v) is 2.98. The van der Waals surface area contributed by atoms with E-state index >= 15 is 0 Å². The minimum atomic E-state index is -0.840.